The van der Waals surface area contributed by atoms with Crippen molar-refractivity contribution >= 4 is 28.6 Å². The number of amides is 2. The van der Waals surface area contributed by atoms with Gasteiger partial charge in [0.1, 0.15) is 13.2 Å². The number of nitrogens with zero attached hydrogens (tertiary/aromatic N) is 2. The first-order valence-corrected chi connectivity index (χ1v) is 8.53. The van der Waals surface area contributed by atoms with Crippen molar-refractivity contribution in [2.24, 2.45) is 0 Å². The van der Waals surface area contributed by atoms with Crippen LogP contribution in [0.25, 0.3) is 10.9 Å². The number of hydrogen-bond acceptors (Lipinski definition) is 3. The predicted molar refractivity (Wildman–Crippen MR) is 98.8 cm³/mol. The summed E-state index contributed by atoms with van der Waals surface area (Å²) in [5.41, 5.74) is 2.77. The van der Waals surface area contributed by atoms with Crippen LogP contribution in [0.5, 0.6) is 0 Å². The number of carbonyl (C=O) groups excluding carboxylic acids is 2. The SMILES string of the molecule is O=C(Cn1ccc2ccccc21)Nc1ccc(CN2CCOC2=O)cc1. The van der Waals surface area contributed by atoms with Crippen LogP contribution in [0.2, 0.25) is 0 Å². The molecule has 2 aromatic carbocycles. The van der Waals surface area contributed by atoms with Crippen LogP contribution in [0.4, 0.5) is 10.5 Å². The third kappa shape index (κ3) is 3.39. The molecule has 0 unspecified atom stereocenters. The molecule has 4 rings (SSSR count). The van der Waals surface area contributed by atoms with Gasteiger partial charge in [-0.3, -0.25) is 4.79 Å². The molecule has 1 aliphatic heterocycles. The first-order chi connectivity index (χ1) is 12.7. The molecule has 132 valence electrons. The number of ether oxygens (including phenoxy) is 1. The molecule has 0 atom stereocenters. The molecule has 1 aliphatic rings. The van der Waals surface area contributed by atoms with Crippen LogP contribution in [-0.4, -0.2) is 34.6 Å². The number of aromatic nitrogens is 1. The molecular weight excluding hydrogens is 330 g/mol. The lowest BCUT2D eigenvalue weighted by Gasteiger charge is -2.13. The molecule has 0 bridgehead atoms. The van der Waals surface area contributed by atoms with Crippen LogP contribution in [0, 0.1) is 0 Å². The molecule has 6 heteroatoms. The number of nitrogens with one attached hydrogen (secondary N) is 1. The van der Waals surface area contributed by atoms with Crippen LogP contribution in [-0.2, 0) is 22.6 Å². The molecule has 1 fully saturated rings. The quantitative estimate of drug-likeness (QED) is 0.769. The monoisotopic (exact) mass is 349 g/mol. The Balaban J connectivity index is 1.37. The number of rotatable bonds is 5. The number of benzene rings is 2. The van der Waals surface area contributed by atoms with Crippen molar-refractivity contribution < 1.29 is 14.3 Å². The molecule has 0 aliphatic carbocycles. The summed E-state index contributed by atoms with van der Waals surface area (Å²) in [7, 11) is 0. The summed E-state index contributed by atoms with van der Waals surface area (Å²) < 4.78 is 6.85. The number of carbonyl (C=O) groups is 2. The fourth-order valence-corrected chi connectivity index (χ4v) is 3.12. The zero-order valence-electron chi connectivity index (χ0n) is 14.2. The molecule has 6 nitrogen and oxygen atoms in total. The number of para-hydroxylation sites is 1. The molecule has 2 amide bonds. The first kappa shape index (κ1) is 16.2. The van der Waals surface area contributed by atoms with Crippen molar-refractivity contribution in [3.63, 3.8) is 0 Å². The fraction of sp³-hybridized carbons (Fsp3) is 0.200. The van der Waals surface area contributed by atoms with Gasteiger partial charge in [0.15, 0.2) is 0 Å². The van der Waals surface area contributed by atoms with E-state index in [2.05, 4.69) is 5.32 Å². The van der Waals surface area contributed by atoms with Crippen LogP contribution >= 0.6 is 0 Å². The predicted octanol–water partition coefficient (Wildman–Crippen LogP) is 3.23. The molecule has 1 aromatic heterocycles. The molecule has 0 saturated carbocycles. The maximum atomic E-state index is 12.3. The largest absolute Gasteiger partial charge is 0.448 e. The standard InChI is InChI=1S/C20H19N3O3/c24-19(14-22-10-9-16-3-1-2-4-18(16)22)21-17-7-5-15(6-8-17)13-23-11-12-26-20(23)25/h1-10H,11-14H2,(H,21,24). The van der Waals surface area contributed by atoms with Gasteiger partial charge >= 0.3 is 6.09 Å². The van der Waals surface area contributed by atoms with Crippen molar-refractivity contribution in [2.75, 3.05) is 18.5 Å². The van der Waals surface area contributed by atoms with E-state index in [1.165, 1.54) is 0 Å². The highest BCUT2D eigenvalue weighted by Gasteiger charge is 2.21. The van der Waals surface area contributed by atoms with Crippen molar-refractivity contribution in [3.05, 3.63) is 66.4 Å². The van der Waals surface area contributed by atoms with Gasteiger partial charge in [-0.05, 0) is 35.2 Å². The second-order valence-electron chi connectivity index (χ2n) is 6.28. The number of fused-ring (bicyclic) bond motifs is 1. The lowest BCUT2D eigenvalue weighted by molar-refractivity contribution is -0.116. The molecule has 1 saturated heterocycles. The van der Waals surface area contributed by atoms with Gasteiger partial charge in [-0.2, -0.15) is 0 Å². The van der Waals surface area contributed by atoms with Crippen LogP contribution in [0.3, 0.4) is 0 Å². The van der Waals surface area contributed by atoms with E-state index in [0.29, 0.717) is 19.7 Å². The normalized spacial score (nSPS) is 13.8. The van der Waals surface area contributed by atoms with Crippen molar-refractivity contribution in [1.29, 1.82) is 0 Å². The number of hydrogen-bond donors (Lipinski definition) is 1. The van der Waals surface area contributed by atoms with E-state index in [-0.39, 0.29) is 18.5 Å². The van der Waals surface area contributed by atoms with E-state index < -0.39 is 0 Å². The second kappa shape index (κ2) is 6.92. The van der Waals surface area contributed by atoms with Gasteiger partial charge < -0.3 is 19.5 Å². The van der Waals surface area contributed by atoms with Gasteiger partial charge in [-0.1, -0.05) is 30.3 Å². The minimum absolute atomic E-state index is 0.0813. The third-order valence-corrected chi connectivity index (χ3v) is 4.45. The lowest BCUT2D eigenvalue weighted by Crippen LogP contribution is -2.23. The van der Waals surface area contributed by atoms with E-state index in [4.69, 9.17) is 4.74 Å². The average Bonchev–Trinajstić information content (AvgIpc) is 3.23. The summed E-state index contributed by atoms with van der Waals surface area (Å²) in [6.45, 7) is 1.83. The van der Waals surface area contributed by atoms with Crippen LogP contribution < -0.4 is 5.32 Å². The summed E-state index contributed by atoms with van der Waals surface area (Å²) in [4.78, 5) is 25.5. The van der Waals surface area contributed by atoms with Gasteiger partial charge in [0.2, 0.25) is 5.91 Å². The Labute approximate surface area is 151 Å². The topological polar surface area (TPSA) is 63.6 Å². The second-order valence-corrected chi connectivity index (χ2v) is 6.28. The molecule has 0 spiro atoms. The summed E-state index contributed by atoms with van der Waals surface area (Å²) >= 11 is 0. The Morgan fingerprint density at radius 2 is 1.88 bits per heavy atom. The van der Waals surface area contributed by atoms with E-state index in [1.807, 2.05) is 65.4 Å². The Bertz CT molecular complexity index is 946. The van der Waals surface area contributed by atoms with Gasteiger partial charge in [0, 0.05) is 23.9 Å². The van der Waals surface area contributed by atoms with Gasteiger partial charge in [-0.25, -0.2) is 4.79 Å². The Morgan fingerprint density at radius 3 is 2.65 bits per heavy atom. The lowest BCUT2D eigenvalue weighted by atomic mass is 10.2. The minimum Gasteiger partial charge on any atom is -0.448 e. The van der Waals surface area contributed by atoms with E-state index in [1.54, 1.807) is 4.90 Å². The smallest absolute Gasteiger partial charge is 0.410 e. The van der Waals surface area contributed by atoms with Gasteiger partial charge in [0.25, 0.3) is 0 Å². The van der Waals surface area contributed by atoms with Gasteiger partial charge in [-0.15, -0.1) is 0 Å². The molecule has 1 N–H and O–H groups in total. The minimum atomic E-state index is -0.277. The van der Waals surface area contributed by atoms with Crippen molar-refractivity contribution in [1.82, 2.24) is 9.47 Å². The molecule has 0 radical (unpaired) electrons. The highest BCUT2D eigenvalue weighted by Crippen LogP contribution is 2.16. The molecular formula is C20H19N3O3. The summed E-state index contributed by atoms with van der Waals surface area (Å²) in [5, 5.41) is 4.03. The summed E-state index contributed by atoms with van der Waals surface area (Å²) in [5.74, 6) is -0.0813. The Morgan fingerprint density at radius 1 is 1.08 bits per heavy atom. The first-order valence-electron chi connectivity index (χ1n) is 8.53. The van der Waals surface area contributed by atoms with E-state index >= 15 is 0 Å². The zero-order valence-corrected chi connectivity index (χ0v) is 14.2. The Kier molecular flexibility index (Phi) is 4.31. The Hall–Kier alpha value is -3.28. The average molecular weight is 349 g/mol. The molecule has 3 aromatic rings. The van der Waals surface area contributed by atoms with Crippen LogP contribution in [0.15, 0.2) is 60.8 Å². The highest BCUT2D eigenvalue weighted by molar-refractivity contribution is 5.92. The summed E-state index contributed by atoms with van der Waals surface area (Å²) in [6.07, 6.45) is 1.64. The number of cyclic esters (lactones) is 1. The van der Waals surface area contributed by atoms with E-state index in [0.717, 1.165) is 22.2 Å². The summed E-state index contributed by atoms with van der Waals surface area (Å²) in [6, 6.07) is 17.5. The maximum absolute atomic E-state index is 12.3. The van der Waals surface area contributed by atoms with Crippen molar-refractivity contribution in [2.45, 2.75) is 13.1 Å². The molecule has 26 heavy (non-hydrogen) atoms. The van der Waals surface area contributed by atoms with Gasteiger partial charge in [0.05, 0.1) is 6.54 Å². The van der Waals surface area contributed by atoms with Crippen molar-refractivity contribution in [3.8, 4) is 0 Å². The maximum Gasteiger partial charge on any atom is 0.410 e. The third-order valence-electron chi connectivity index (χ3n) is 4.45. The zero-order chi connectivity index (χ0) is 17.9. The van der Waals surface area contributed by atoms with E-state index in [9.17, 15) is 9.59 Å². The fourth-order valence-electron chi connectivity index (χ4n) is 3.12. The van der Waals surface area contributed by atoms with Crippen LogP contribution in [0.1, 0.15) is 5.56 Å². The number of anilines is 1. The highest BCUT2D eigenvalue weighted by atomic mass is 16.6. The molecule has 2 heterocycles.